The van der Waals surface area contributed by atoms with E-state index in [0.717, 1.165) is 44.3 Å². The number of anilines is 1. The average molecular weight is 613 g/mol. The van der Waals surface area contributed by atoms with Crippen LogP contribution in [-0.4, -0.2) is 58.1 Å². The van der Waals surface area contributed by atoms with E-state index in [0.29, 0.717) is 38.1 Å². The van der Waals surface area contributed by atoms with E-state index in [1.54, 1.807) is 30.0 Å². The highest BCUT2D eigenvalue weighted by molar-refractivity contribution is 7.99. The van der Waals surface area contributed by atoms with Crippen LogP contribution >= 0.6 is 11.8 Å². The molecule has 0 unspecified atom stereocenters. The SMILES string of the molecule is Cc1cccc(OCCCC(=O)N2CCSc3c(-c4cnn(Cc5cccc(C(=O)NCCC(=O)O)c5)c4)cccc32)c1C. The van der Waals surface area contributed by atoms with Crippen LogP contribution in [0.25, 0.3) is 11.1 Å². The Hall–Kier alpha value is -4.57. The molecule has 0 spiro atoms. The summed E-state index contributed by atoms with van der Waals surface area (Å²) in [5, 5.41) is 16.0. The molecule has 1 aromatic heterocycles. The van der Waals surface area contributed by atoms with Crippen LogP contribution in [0.4, 0.5) is 5.69 Å². The van der Waals surface area contributed by atoms with Gasteiger partial charge in [-0.1, -0.05) is 36.4 Å². The number of rotatable bonds is 12. The second-order valence-electron chi connectivity index (χ2n) is 10.7. The summed E-state index contributed by atoms with van der Waals surface area (Å²) < 4.78 is 7.79. The fourth-order valence-electron chi connectivity index (χ4n) is 5.13. The number of carboxylic acids is 1. The first-order valence-corrected chi connectivity index (χ1v) is 15.7. The lowest BCUT2D eigenvalue weighted by Gasteiger charge is -2.30. The fraction of sp³-hybridized carbons (Fsp3) is 0.294. The summed E-state index contributed by atoms with van der Waals surface area (Å²) in [6, 6.07) is 19.3. The van der Waals surface area contributed by atoms with E-state index in [1.165, 1.54) is 5.56 Å². The molecule has 1 aliphatic rings. The number of benzene rings is 3. The summed E-state index contributed by atoms with van der Waals surface area (Å²) in [5.41, 5.74) is 6.58. The maximum Gasteiger partial charge on any atom is 0.305 e. The van der Waals surface area contributed by atoms with E-state index < -0.39 is 5.97 Å². The molecular weight excluding hydrogens is 576 g/mol. The van der Waals surface area contributed by atoms with Crippen molar-refractivity contribution in [2.24, 2.45) is 0 Å². The third kappa shape index (κ3) is 7.49. The number of carbonyl (C=O) groups is 3. The van der Waals surface area contributed by atoms with Crippen LogP contribution in [0, 0.1) is 13.8 Å². The molecule has 0 aliphatic carbocycles. The standard InChI is InChI=1S/C34H36N4O5S/c1-23-7-3-12-30(24(23)2)43-17-6-13-31(39)38-16-18-44-33-28(10-5-11-29(33)38)27-20-36-37(22-27)21-25-8-4-9-26(19-25)34(42)35-15-14-32(40)41/h3-5,7-12,19-20,22H,6,13-18,21H2,1-2H3,(H,35,42)(H,40,41). The molecule has 0 bridgehead atoms. The van der Waals surface area contributed by atoms with E-state index >= 15 is 0 Å². The summed E-state index contributed by atoms with van der Waals surface area (Å²) in [4.78, 5) is 39.4. The van der Waals surface area contributed by atoms with E-state index in [1.807, 2.05) is 59.2 Å². The Bertz CT molecular complexity index is 1670. The number of hydrogen-bond acceptors (Lipinski definition) is 6. The van der Waals surface area contributed by atoms with Crippen molar-refractivity contribution in [3.05, 3.63) is 95.3 Å². The number of amides is 2. The predicted molar refractivity (Wildman–Crippen MR) is 172 cm³/mol. The molecule has 2 heterocycles. The molecule has 228 valence electrons. The van der Waals surface area contributed by atoms with E-state index in [-0.39, 0.29) is 24.8 Å². The van der Waals surface area contributed by atoms with Crippen LogP contribution in [0.2, 0.25) is 0 Å². The Balaban J connectivity index is 1.22. The Morgan fingerprint density at radius 1 is 1.05 bits per heavy atom. The first kappa shape index (κ1) is 30.9. The maximum atomic E-state index is 13.3. The van der Waals surface area contributed by atoms with Gasteiger partial charge in [-0.3, -0.25) is 19.1 Å². The van der Waals surface area contributed by atoms with Crippen molar-refractivity contribution in [3.8, 4) is 16.9 Å². The molecule has 0 fully saturated rings. The number of carbonyl (C=O) groups excluding carboxylic acids is 2. The van der Waals surface area contributed by atoms with Crippen molar-refractivity contribution in [1.29, 1.82) is 0 Å². The molecule has 0 radical (unpaired) electrons. The normalized spacial score (nSPS) is 12.5. The van der Waals surface area contributed by atoms with Crippen molar-refractivity contribution in [1.82, 2.24) is 15.1 Å². The summed E-state index contributed by atoms with van der Waals surface area (Å²) in [7, 11) is 0. The highest BCUT2D eigenvalue weighted by Gasteiger charge is 2.25. The van der Waals surface area contributed by atoms with Gasteiger partial charge < -0.3 is 20.1 Å². The van der Waals surface area contributed by atoms with Gasteiger partial charge in [-0.15, -0.1) is 11.8 Å². The lowest BCUT2D eigenvalue weighted by atomic mass is 10.1. The smallest absolute Gasteiger partial charge is 0.305 e. The minimum Gasteiger partial charge on any atom is -0.493 e. The number of aliphatic carboxylic acids is 1. The molecule has 0 saturated carbocycles. The predicted octanol–water partition coefficient (Wildman–Crippen LogP) is 5.72. The Kier molecular flexibility index (Phi) is 10.0. The van der Waals surface area contributed by atoms with Crippen molar-refractivity contribution in [2.45, 2.75) is 44.6 Å². The van der Waals surface area contributed by atoms with Crippen molar-refractivity contribution < 1.29 is 24.2 Å². The molecule has 10 heteroatoms. The van der Waals surface area contributed by atoms with Crippen LogP contribution in [-0.2, 0) is 16.1 Å². The third-order valence-corrected chi connectivity index (χ3v) is 8.70. The molecule has 0 saturated heterocycles. The summed E-state index contributed by atoms with van der Waals surface area (Å²) >= 11 is 1.75. The van der Waals surface area contributed by atoms with Crippen LogP contribution in [0.5, 0.6) is 5.75 Å². The van der Waals surface area contributed by atoms with Gasteiger partial charge in [-0.05, 0) is 61.2 Å². The fourth-order valence-corrected chi connectivity index (χ4v) is 6.27. The zero-order chi connectivity index (χ0) is 31.1. The van der Waals surface area contributed by atoms with Gasteiger partial charge in [0, 0.05) is 53.0 Å². The van der Waals surface area contributed by atoms with Gasteiger partial charge >= 0.3 is 5.97 Å². The van der Waals surface area contributed by atoms with Gasteiger partial charge in [0.25, 0.3) is 5.91 Å². The van der Waals surface area contributed by atoms with Gasteiger partial charge in [0.15, 0.2) is 0 Å². The first-order valence-electron chi connectivity index (χ1n) is 14.7. The molecule has 4 aromatic rings. The number of thioether (sulfide) groups is 1. The number of ether oxygens (including phenoxy) is 1. The van der Waals surface area contributed by atoms with Gasteiger partial charge in [0.1, 0.15) is 5.75 Å². The van der Waals surface area contributed by atoms with Crippen molar-refractivity contribution >= 4 is 35.2 Å². The molecule has 1 aliphatic heterocycles. The zero-order valence-electron chi connectivity index (χ0n) is 24.9. The number of hydrogen-bond donors (Lipinski definition) is 2. The number of nitrogens with one attached hydrogen (secondary N) is 1. The number of fused-ring (bicyclic) bond motifs is 1. The second-order valence-corrected chi connectivity index (χ2v) is 11.8. The van der Waals surface area contributed by atoms with Crippen LogP contribution < -0.4 is 15.0 Å². The monoisotopic (exact) mass is 612 g/mol. The molecule has 5 rings (SSSR count). The Labute approximate surface area is 261 Å². The lowest BCUT2D eigenvalue weighted by molar-refractivity contribution is -0.136. The highest BCUT2D eigenvalue weighted by atomic mass is 32.2. The summed E-state index contributed by atoms with van der Waals surface area (Å²) in [5.74, 6) is 0.504. The van der Waals surface area contributed by atoms with E-state index in [9.17, 15) is 14.4 Å². The third-order valence-electron chi connectivity index (χ3n) is 7.60. The second kappa shape index (κ2) is 14.3. The van der Waals surface area contributed by atoms with Crippen LogP contribution in [0.3, 0.4) is 0 Å². The van der Waals surface area contributed by atoms with Gasteiger partial charge in [0.05, 0.1) is 31.5 Å². The number of aromatic nitrogens is 2. The average Bonchev–Trinajstić information content (AvgIpc) is 3.48. The minimum absolute atomic E-state index is 0.0749. The lowest BCUT2D eigenvalue weighted by Crippen LogP contribution is -2.35. The molecule has 0 atom stereocenters. The largest absolute Gasteiger partial charge is 0.493 e. The Morgan fingerprint density at radius 3 is 2.70 bits per heavy atom. The number of nitrogens with zero attached hydrogens (tertiary/aromatic N) is 3. The highest BCUT2D eigenvalue weighted by Crippen LogP contribution is 2.42. The van der Waals surface area contributed by atoms with Crippen molar-refractivity contribution in [3.63, 3.8) is 0 Å². The molecule has 3 aromatic carbocycles. The van der Waals surface area contributed by atoms with Gasteiger partial charge in [0.2, 0.25) is 5.91 Å². The first-order chi connectivity index (χ1) is 21.3. The quantitative estimate of drug-likeness (QED) is 0.197. The van der Waals surface area contributed by atoms with Crippen LogP contribution in [0.1, 0.15) is 46.3 Å². The summed E-state index contributed by atoms with van der Waals surface area (Å²) in [6.45, 7) is 5.80. The van der Waals surface area contributed by atoms with Gasteiger partial charge in [-0.25, -0.2) is 0 Å². The Morgan fingerprint density at radius 2 is 1.86 bits per heavy atom. The number of carboxylic acid groups (broad SMARTS) is 1. The van der Waals surface area contributed by atoms with Crippen molar-refractivity contribution in [2.75, 3.05) is 30.3 Å². The summed E-state index contributed by atoms with van der Waals surface area (Å²) in [6.07, 6.45) is 4.72. The molecule has 44 heavy (non-hydrogen) atoms. The maximum absolute atomic E-state index is 13.3. The van der Waals surface area contributed by atoms with Crippen LogP contribution in [0.15, 0.2) is 78.0 Å². The van der Waals surface area contributed by atoms with E-state index in [2.05, 4.69) is 29.5 Å². The van der Waals surface area contributed by atoms with Gasteiger partial charge in [-0.2, -0.15) is 5.10 Å². The minimum atomic E-state index is -0.958. The van der Waals surface area contributed by atoms with E-state index in [4.69, 9.17) is 9.84 Å². The number of aryl methyl sites for hydroxylation is 1. The molecule has 2 N–H and O–H groups in total. The zero-order valence-corrected chi connectivity index (χ0v) is 25.7. The molecular formula is C34H36N4O5S. The molecule has 9 nitrogen and oxygen atoms in total. The topological polar surface area (TPSA) is 114 Å². The molecule has 2 amide bonds.